The van der Waals surface area contributed by atoms with Gasteiger partial charge >= 0.3 is 0 Å². The van der Waals surface area contributed by atoms with Gasteiger partial charge in [-0.2, -0.15) is 0 Å². The van der Waals surface area contributed by atoms with Gasteiger partial charge in [-0.25, -0.2) is 4.98 Å². The van der Waals surface area contributed by atoms with Crippen LogP contribution in [-0.2, 0) is 25.5 Å². The molecule has 2 aliphatic heterocycles. The van der Waals surface area contributed by atoms with E-state index in [1.54, 1.807) is 11.3 Å². The van der Waals surface area contributed by atoms with Gasteiger partial charge in [-0.05, 0) is 74.7 Å². The summed E-state index contributed by atoms with van der Waals surface area (Å²) in [4.78, 5) is 46.4. The highest BCUT2D eigenvalue weighted by atomic mass is 32.1. The fraction of sp³-hybridized carbons (Fsp3) is 0.636. The monoisotopic (exact) mass is 581 g/mol. The van der Waals surface area contributed by atoms with Crippen molar-refractivity contribution in [1.29, 1.82) is 0 Å². The maximum atomic E-state index is 13.8. The topological polar surface area (TPSA) is 88.6 Å². The molecule has 2 atom stereocenters. The Morgan fingerprint density at radius 2 is 1.90 bits per heavy atom. The highest BCUT2D eigenvalue weighted by molar-refractivity contribution is 7.18. The lowest BCUT2D eigenvalue weighted by atomic mass is 9.87. The quantitative estimate of drug-likeness (QED) is 0.265. The Hall–Kier alpha value is -2.42. The van der Waals surface area contributed by atoms with Crippen molar-refractivity contribution in [3.05, 3.63) is 40.9 Å². The van der Waals surface area contributed by atoms with Crippen LogP contribution in [0, 0.1) is 11.8 Å². The number of thiazole rings is 1. The summed E-state index contributed by atoms with van der Waals surface area (Å²) in [6, 6.07) is 6.20. The van der Waals surface area contributed by atoms with Crippen molar-refractivity contribution in [2.24, 2.45) is 11.8 Å². The first-order chi connectivity index (χ1) is 19.7. The largest absolute Gasteiger partial charge is 0.381 e. The maximum Gasteiger partial charge on any atom is 0.224 e. The van der Waals surface area contributed by atoms with E-state index in [1.807, 2.05) is 13.0 Å². The van der Waals surface area contributed by atoms with Gasteiger partial charge < -0.3 is 10.1 Å². The normalized spacial score (nSPS) is 18.0. The first kappa shape index (κ1) is 31.5. The summed E-state index contributed by atoms with van der Waals surface area (Å²) >= 11 is 1.61. The van der Waals surface area contributed by atoms with Gasteiger partial charge in [0.05, 0.1) is 21.1 Å². The van der Waals surface area contributed by atoms with Crippen molar-refractivity contribution < 1.29 is 19.1 Å². The van der Waals surface area contributed by atoms with Gasteiger partial charge in [0, 0.05) is 57.1 Å². The summed E-state index contributed by atoms with van der Waals surface area (Å²) in [5.74, 6) is 0.217. The number of hydrogen-bond donors (Lipinski definition) is 1. The standard InChI is InChI=1S/C33H47N3O4S/c1-5-27(37)18-26(20-32-34-29-9-8-25(22(2)3)19-31(29)41-32)33(39)35-28(24-12-16-40-17-13-24)10-11-30(38)23(4)21-36-14-6-7-15-36/h8-9,19,22,24,26,28H,4-7,10-18,20-21H2,1-3H3,(H,35,39)/t26-,28+/m0/s1. The molecule has 4 rings (SSSR count). The fourth-order valence-corrected chi connectivity index (χ4v) is 7.03. The van der Waals surface area contributed by atoms with E-state index in [2.05, 4.69) is 42.8 Å². The molecule has 2 saturated heterocycles. The van der Waals surface area contributed by atoms with Gasteiger partial charge in [-0.3, -0.25) is 19.3 Å². The van der Waals surface area contributed by atoms with Crippen LogP contribution >= 0.6 is 11.3 Å². The molecule has 2 aliphatic rings. The third kappa shape index (κ3) is 9.03. The maximum absolute atomic E-state index is 13.8. The number of nitrogens with zero attached hydrogens (tertiary/aromatic N) is 2. The zero-order valence-electron chi connectivity index (χ0n) is 25.1. The van der Waals surface area contributed by atoms with E-state index in [1.165, 1.54) is 18.4 Å². The van der Waals surface area contributed by atoms with Gasteiger partial charge in [0.25, 0.3) is 0 Å². The van der Waals surface area contributed by atoms with Crippen molar-refractivity contribution in [2.45, 2.75) is 90.5 Å². The Kier molecular flexibility index (Phi) is 11.7. The number of rotatable bonds is 15. The Morgan fingerprint density at radius 1 is 1.17 bits per heavy atom. The van der Waals surface area contributed by atoms with Gasteiger partial charge in [0.15, 0.2) is 5.78 Å². The molecule has 0 spiro atoms. The van der Waals surface area contributed by atoms with Crippen LogP contribution in [0.5, 0.6) is 0 Å². The van der Waals surface area contributed by atoms with Crippen LogP contribution in [0.4, 0.5) is 0 Å². The molecule has 8 heteroatoms. The number of ether oxygens (including phenoxy) is 1. The molecule has 1 aromatic carbocycles. The van der Waals surface area contributed by atoms with Crippen LogP contribution in [0.2, 0.25) is 0 Å². The van der Waals surface area contributed by atoms with Crippen molar-refractivity contribution in [3.8, 4) is 0 Å². The number of carbonyl (C=O) groups is 3. The third-order valence-corrected chi connectivity index (χ3v) is 9.68. The number of nitrogens with one attached hydrogen (secondary N) is 1. The molecular formula is C33H47N3O4S. The summed E-state index contributed by atoms with van der Waals surface area (Å²) in [5, 5.41) is 4.18. The zero-order valence-corrected chi connectivity index (χ0v) is 25.9. The molecule has 0 radical (unpaired) electrons. The number of aromatic nitrogens is 1. The lowest BCUT2D eigenvalue weighted by Crippen LogP contribution is -2.46. The van der Waals surface area contributed by atoms with Gasteiger partial charge in [-0.1, -0.05) is 33.4 Å². The summed E-state index contributed by atoms with van der Waals surface area (Å²) in [7, 11) is 0. The minimum Gasteiger partial charge on any atom is -0.381 e. The number of ketones is 2. The van der Waals surface area contributed by atoms with Crippen LogP contribution in [-0.4, -0.2) is 66.2 Å². The molecule has 2 aromatic rings. The van der Waals surface area contributed by atoms with E-state index in [0.29, 0.717) is 56.9 Å². The molecule has 0 bridgehead atoms. The lowest BCUT2D eigenvalue weighted by Gasteiger charge is -2.32. The Morgan fingerprint density at radius 3 is 2.59 bits per heavy atom. The number of likely N-dealkylation sites (tertiary alicyclic amines) is 1. The number of carbonyl (C=O) groups excluding carboxylic acids is 3. The fourth-order valence-electron chi connectivity index (χ4n) is 5.93. The molecule has 1 aromatic heterocycles. The molecule has 0 saturated carbocycles. The van der Waals surface area contributed by atoms with Crippen LogP contribution in [0.3, 0.4) is 0 Å². The molecule has 1 N–H and O–H groups in total. The van der Waals surface area contributed by atoms with Crippen molar-refractivity contribution in [1.82, 2.24) is 15.2 Å². The third-order valence-electron chi connectivity index (χ3n) is 8.64. The molecule has 3 heterocycles. The van der Waals surface area contributed by atoms with E-state index < -0.39 is 5.92 Å². The molecule has 224 valence electrons. The van der Waals surface area contributed by atoms with Gasteiger partial charge in [0.2, 0.25) is 5.91 Å². The summed E-state index contributed by atoms with van der Waals surface area (Å²) in [5.41, 5.74) is 2.86. The van der Waals surface area contributed by atoms with Crippen molar-refractivity contribution in [3.63, 3.8) is 0 Å². The second-order valence-electron chi connectivity index (χ2n) is 12.1. The van der Waals surface area contributed by atoms with E-state index >= 15 is 0 Å². The van der Waals surface area contributed by atoms with Crippen LogP contribution in [0.1, 0.15) is 88.6 Å². The second kappa shape index (κ2) is 15.2. The molecule has 7 nitrogen and oxygen atoms in total. The number of amides is 1. The SMILES string of the molecule is C=C(CN1CCCC1)C(=O)CC[C@@H](NC(=O)[C@@H](CC(=O)CC)Cc1nc2ccc(C(C)C)cc2s1)C1CCOCC1. The predicted molar refractivity (Wildman–Crippen MR) is 165 cm³/mol. The lowest BCUT2D eigenvalue weighted by molar-refractivity contribution is -0.130. The summed E-state index contributed by atoms with van der Waals surface area (Å²) < 4.78 is 6.70. The van der Waals surface area contributed by atoms with E-state index in [-0.39, 0.29) is 35.9 Å². The molecule has 1 amide bonds. The summed E-state index contributed by atoms with van der Waals surface area (Å²) in [6.45, 7) is 14.3. The Balaban J connectivity index is 1.45. The minimum absolute atomic E-state index is 0.0735. The Labute approximate surface area is 249 Å². The number of Topliss-reactive ketones (excluding diaryl/α,β-unsaturated/α-hetero) is 2. The second-order valence-corrected chi connectivity index (χ2v) is 13.2. The molecule has 2 fully saturated rings. The minimum atomic E-state index is -0.490. The van der Waals surface area contributed by atoms with Crippen molar-refractivity contribution >= 4 is 39.0 Å². The zero-order chi connectivity index (χ0) is 29.4. The Bertz CT molecular complexity index is 1210. The van der Waals surface area contributed by atoms with Crippen LogP contribution in [0.15, 0.2) is 30.4 Å². The van der Waals surface area contributed by atoms with E-state index in [0.717, 1.165) is 41.2 Å². The van der Waals surface area contributed by atoms with Crippen LogP contribution in [0.25, 0.3) is 10.2 Å². The molecular weight excluding hydrogens is 534 g/mol. The summed E-state index contributed by atoms with van der Waals surface area (Å²) in [6.07, 6.45) is 6.02. The molecule has 0 unspecified atom stereocenters. The van der Waals surface area contributed by atoms with E-state index in [9.17, 15) is 14.4 Å². The van der Waals surface area contributed by atoms with Gasteiger partial charge in [0.1, 0.15) is 5.78 Å². The number of hydrogen-bond acceptors (Lipinski definition) is 7. The molecule has 41 heavy (non-hydrogen) atoms. The van der Waals surface area contributed by atoms with Crippen LogP contribution < -0.4 is 5.32 Å². The first-order valence-corrected chi connectivity index (χ1v) is 16.3. The highest BCUT2D eigenvalue weighted by Crippen LogP contribution is 2.29. The predicted octanol–water partition coefficient (Wildman–Crippen LogP) is 5.86. The smallest absolute Gasteiger partial charge is 0.224 e. The van der Waals surface area contributed by atoms with E-state index in [4.69, 9.17) is 9.72 Å². The molecule has 0 aliphatic carbocycles. The van der Waals surface area contributed by atoms with Gasteiger partial charge in [-0.15, -0.1) is 11.3 Å². The average Bonchev–Trinajstić information content (AvgIpc) is 3.63. The van der Waals surface area contributed by atoms with Crippen molar-refractivity contribution in [2.75, 3.05) is 32.8 Å². The number of fused-ring (bicyclic) bond motifs is 1. The number of benzene rings is 1. The average molecular weight is 582 g/mol. The highest BCUT2D eigenvalue weighted by Gasteiger charge is 2.30. The first-order valence-electron chi connectivity index (χ1n) is 15.5.